The molecule has 0 aromatic carbocycles. The van der Waals surface area contributed by atoms with E-state index in [4.69, 9.17) is 9.90 Å². The van der Waals surface area contributed by atoms with Crippen molar-refractivity contribution in [2.45, 2.75) is 26.3 Å². The highest BCUT2D eigenvalue weighted by Crippen LogP contribution is 2.24. The number of hydrogen-bond acceptors (Lipinski definition) is 2. The van der Waals surface area contributed by atoms with E-state index in [1.54, 1.807) is 0 Å². The van der Waals surface area contributed by atoms with Crippen LogP contribution in [-0.2, 0) is 4.79 Å². The van der Waals surface area contributed by atoms with Crippen molar-refractivity contribution in [1.82, 2.24) is 5.32 Å². The van der Waals surface area contributed by atoms with Crippen LogP contribution in [0.2, 0.25) is 0 Å². The molecule has 3 nitrogen and oxygen atoms in total. The molecule has 0 bridgehead atoms. The first kappa shape index (κ1) is 17.4. The normalized spacial score (nSPS) is 23.2. The predicted octanol–water partition coefficient (Wildman–Crippen LogP) is 3.18. The summed E-state index contributed by atoms with van der Waals surface area (Å²) < 4.78 is 0. The molecule has 106 valence electrons. The summed E-state index contributed by atoms with van der Waals surface area (Å²) in [6, 6.07) is 0.543. The van der Waals surface area contributed by atoms with Crippen LogP contribution in [-0.4, -0.2) is 24.7 Å². The maximum absolute atomic E-state index is 8.36. The van der Waals surface area contributed by atoms with Crippen LogP contribution in [0.5, 0.6) is 0 Å². The van der Waals surface area contributed by atoms with Gasteiger partial charge in [0.15, 0.2) is 0 Å². The van der Waals surface area contributed by atoms with Crippen LogP contribution in [0, 0.1) is 11.8 Å². The Morgan fingerprint density at radius 2 is 1.95 bits per heavy atom. The summed E-state index contributed by atoms with van der Waals surface area (Å²) in [4.78, 5) is 8.36. The zero-order chi connectivity index (χ0) is 14.7. The zero-order valence-corrected chi connectivity index (χ0v) is 12.0. The molecule has 0 saturated carbocycles. The van der Waals surface area contributed by atoms with Gasteiger partial charge in [-0.05, 0) is 27.3 Å². The Balaban J connectivity index is 0.000000982. The van der Waals surface area contributed by atoms with E-state index in [0.717, 1.165) is 6.42 Å². The standard InChI is InChI=1S/C15H23N.CH2O2/c1-5-14-8-6-7-9-15(14)11-12(2)10-13(3)16-4;2-1-3/h5-9,11,13-16H,1,10H2,2-4H3;1H,(H,2,3)/b12-11+;/t13-,14?,15?;/m1./s1. The molecular weight excluding hydrogens is 238 g/mol. The molecule has 0 fully saturated rings. The van der Waals surface area contributed by atoms with Gasteiger partial charge in [-0.2, -0.15) is 0 Å². The summed E-state index contributed by atoms with van der Waals surface area (Å²) in [5, 5.41) is 10.2. The minimum Gasteiger partial charge on any atom is -0.483 e. The number of rotatable bonds is 5. The van der Waals surface area contributed by atoms with E-state index >= 15 is 0 Å². The Kier molecular flexibility index (Phi) is 9.45. The molecule has 0 aromatic rings. The number of carbonyl (C=O) groups is 1. The quantitative estimate of drug-likeness (QED) is 0.591. The van der Waals surface area contributed by atoms with E-state index in [1.165, 1.54) is 5.57 Å². The van der Waals surface area contributed by atoms with Crippen molar-refractivity contribution in [3.05, 3.63) is 48.6 Å². The largest absolute Gasteiger partial charge is 0.483 e. The Hall–Kier alpha value is -1.61. The van der Waals surface area contributed by atoms with Gasteiger partial charge in [0.1, 0.15) is 0 Å². The molecule has 0 amide bonds. The average Bonchev–Trinajstić information content (AvgIpc) is 2.40. The lowest BCUT2D eigenvalue weighted by Crippen LogP contribution is -2.21. The Bertz CT molecular complexity index is 356. The van der Waals surface area contributed by atoms with Crippen LogP contribution in [0.4, 0.5) is 0 Å². The number of hydrogen-bond donors (Lipinski definition) is 2. The molecule has 0 heterocycles. The van der Waals surface area contributed by atoms with Crippen molar-refractivity contribution in [2.75, 3.05) is 7.05 Å². The predicted molar refractivity (Wildman–Crippen MR) is 81.0 cm³/mol. The smallest absolute Gasteiger partial charge is 0.290 e. The minimum absolute atomic E-state index is 0.250. The average molecular weight is 263 g/mol. The van der Waals surface area contributed by atoms with Crippen LogP contribution < -0.4 is 5.32 Å². The van der Waals surface area contributed by atoms with E-state index in [-0.39, 0.29) is 6.47 Å². The summed E-state index contributed by atoms with van der Waals surface area (Å²) in [6.45, 7) is 8.06. The van der Waals surface area contributed by atoms with Crippen molar-refractivity contribution in [1.29, 1.82) is 0 Å². The fourth-order valence-corrected chi connectivity index (χ4v) is 2.03. The van der Waals surface area contributed by atoms with E-state index in [9.17, 15) is 0 Å². The molecule has 1 aliphatic rings. The molecule has 0 saturated heterocycles. The van der Waals surface area contributed by atoms with Gasteiger partial charge in [-0.15, -0.1) is 6.58 Å². The monoisotopic (exact) mass is 263 g/mol. The molecule has 3 heteroatoms. The van der Waals surface area contributed by atoms with Gasteiger partial charge in [0.25, 0.3) is 6.47 Å². The molecule has 1 rings (SSSR count). The van der Waals surface area contributed by atoms with Crippen molar-refractivity contribution < 1.29 is 9.90 Å². The van der Waals surface area contributed by atoms with Crippen LogP contribution in [0.25, 0.3) is 0 Å². The fraction of sp³-hybridized carbons (Fsp3) is 0.438. The van der Waals surface area contributed by atoms with E-state index in [2.05, 4.69) is 56.1 Å². The van der Waals surface area contributed by atoms with Crippen molar-refractivity contribution in [3.8, 4) is 0 Å². The summed E-state index contributed by atoms with van der Waals surface area (Å²) in [5.41, 5.74) is 1.44. The van der Waals surface area contributed by atoms with Gasteiger partial charge in [-0.1, -0.05) is 42.0 Å². The molecule has 0 spiro atoms. The van der Waals surface area contributed by atoms with Gasteiger partial charge in [0.05, 0.1) is 0 Å². The van der Waals surface area contributed by atoms with E-state index in [0.29, 0.717) is 17.9 Å². The highest BCUT2D eigenvalue weighted by Gasteiger charge is 2.13. The van der Waals surface area contributed by atoms with Gasteiger partial charge in [-0.3, -0.25) is 4.79 Å². The molecule has 0 aromatic heterocycles. The van der Waals surface area contributed by atoms with Crippen LogP contribution >= 0.6 is 0 Å². The highest BCUT2D eigenvalue weighted by atomic mass is 16.3. The second kappa shape index (κ2) is 10.3. The van der Waals surface area contributed by atoms with Gasteiger partial charge in [-0.25, -0.2) is 0 Å². The van der Waals surface area contributed by atoms with Crippen LogP contribution in [0.3, 0.4) is 0 Å². The molecule has 0 aliphatic heterocycles. The molecule has 0 radical (unpaired) electrons. The van der Waals surface area contributed by atoms with Crippen molar-refractivity contribution >= 4 is 6.47 Å². The minimum atomic E-state index is -0.250. The molecule has 19 heavy (non-hydrogen) atoms. The Morgan fingerprint density at radius 3 is 2.42 bits per heavy atom. The number of carboxylic acid groups (broad SMARTS) is 1. The Labute approximate surface area is 116 Å². The molecule has 3 atom stereocenters. The number of allylic oxidation sites excluding steroid dienone is 6. The SMILES string of the molecule is C=CC1C=CC=CC1/C=C(\C)C[C@@H](C)NC.O=CO. The van der Waals surface area contributed by atoms with Gasteiger partial charge >= 0.3 is 0 Å². The lowest BCUT2D eigenvalue weighted by atomic mass is 9.86. The first-order valence-electron chi connectivity index (χ1n) is 6.49. The third-order valence-electron chi connectivity index (χ3n) is 3.09. The third kappa shape index (κ3) is 7.42. The first-order chi connectivity index (χ1) is 9.08. The van der Waals surface area contributed by atoms with Gasteiger partial charge in [0, 0.05) is 17.9 Å². The number of nitrogens with one attached hydrogen (secondary N) is 1. The maximum Gasteiger partial charge on any atom is 0.290 e. The molecular formula is C16H25NO2. The Morgan fingerprint density at radius 1 is 1.42 bits per heavy atom. The lowest BCUT2D eigenvalue weighted by molar-refractivity contribution is -0.122. The topological polar surface area (TPSA) is 49.3 Å². The summed E-state index contributed by atoms with van der Waals surface area (Å²) in [7, 11) is 2.01. The fourth-order valence-electron chi connectivity index (χ4n) is 2.03. The second-order valence-corrected chi connectivity index (χ2v) is 4.67. The zero-order valence-electron chi connectivity index (χ0n) is 12.0. The third-order valence-corrected chi connectivity index (χ3v) is 3.09. The van der Waals surface area contributed by atoms with Crippen LogP contribution in [0.15, 0.2) is 48.6 Å². The van der Waals surface area contributed by atoms with E-state index < -0.39 is 0 Å². The van der Waals surface area contributed by atoms with E-state index in [1.807, 2.05) is 13.1 Å². The van der Waals surface area contributed by atoms with Gasteiger partial charge < -0.3 is 10.4 Å². The molecule has 1 aliphatic carbocycles. The lowest BCUT2D eigenvalue weighted by Gasteiger charge is -2.19. The molecule has 2 N–H and O–H groups in total. The van der Waals surface area contributed by atoms with Crippen molar-refractivity contribution in [3.63, 3.8) is 0 Å². The van der Waals surface area contributed by atoms with Gasteiger partial charge in [0.2, 0.25) is 0 Å². The highest BCUT2D eigenvalue weighted by molar-refractivity contribution is 5.32. The second-order valence-electron chi connectivity index (χ2n) is 4.67. The summed E-state index contributed by atoms with van der Waals surface area (Å²) >= 11 is 0. The summed E-state index contributed by atoms with van der Waals surface area (Å²) in [5.74, 6) is 0.927. The summed E-state index contributed by atoms with van der Waals surface area (Å²) in [6.07, 6.45) is 14.2. The first-order valence-corrected chi connectivity index (χ1v) is 6.49. The van der Waals surface area contributed by atoms with Crippen LogP contribution in [0.1, 0.15) is 20.3 Å². The maximum atomic E-state index is 8.36. The molecule has 2 unspecified atom stereocenters. The van der Waals surface area contributed by atoms with Crippen molar-refractivity contribution in [2.24, 2.45) is 11.8 Å².